The number of rotatable bonds is 1. The molecule has 0 radical (unpaired) electrons. The van der Waals surface area contributed by atoms with Gasteiger partial charge in [0.25, 0.3) is 0 Å². The van der Waals surface area contributed by atoms with Gasteiger partial charge in [0.05, 0.1) is 0 Å². The van der Waals surface area contributed by atoms with Crippen LogP contribution in [0.15, 0.2) is 30.3 Å². The Bertz CT molecular complexity index is 492. The molecular weight excluding hydrogens is 196 g/mol. The predicted molar refractivity (Wildman–Crippen MR) is 57.1 cm³/mol. The summed E-state index contributed by atoms with van der Waals surface area (Å²) in [6.07, 6.45) is 0. The van der Waals surface area contributed by atoms with Crippen LogP contribution in [0.4, 0.5) is 5.95 Å². The van der Waals surface area contributed by atoms with Crippen molar-refractivity contribution in [2.24, 2.45) is 0 Å². The van der Waals surface area contributed by atoms with E-state index < -0.39 is 0 Å². The van der Waals surface area contributed by atoms with Gasteiger partial charge < -0.3 is 10.7 Å². The summed E-state index contributed by atoms with van der Waals surface area (Å²) < 4.78 is 0.250. The number of nitrogens with zero attached hydrogens (tertiary/aromatic N) is 2. The van der Waals surface area contributed by atoms with Gasteiger partial charge in [-0.05, 0) is 12.2 Å². The van der Waals surface area contributed by atoms with Gasteiger partial charge in [-0.25, -0.2) is 4.98 Å². The molecule has 0 spiro atoms. The number of hydrogen-bond donors (Lipinski definition) is 2. The predicted octanol–water partition coefficient (Wildman–Crippen LogP) is 1.78. The second-order valence-electron chi connectivity index (χ2n) is 2.73. The fourth-order valence-electron chi connectivity index (χ4n) is 1.13. The molecule has 1 aromatic carbocycles. The highest BCUT2D eigenvalue weighted by Gasteiger charge is 1.99. The van der Waals surface area contributed by atoms with E-state index in [-0.39, 0.29) is 10.7 Å². The number of aromatic nitrogens is 3. The van der Waals surface area contributed by atoms with E-state index in [1.165, 1.54) is 0 Å². The normalized spacial score (nSPS) is 10.0. The smallest absolute Gasteiger partial charge is 0.224 e. The molecule has 2 rings (SSSR count). The van der Waals surface area contributed by atoms with Crippen molar-refractivity contribution in [1.82, 2.24) is 15.0 Å². The first-order chi connectivity index (χ1) is 6.75. The molecule has 5 heteroatoms. The first-order valence-electron chi connectivity index (χ1n) is 4.05. The largest absolute Gasteiger partial charge is 0.369 e. The van der Waals surface area contributed by atoms with E-state index in [0.717, 1.165) is 5.56 Å². The fraction of sp³-hybridized carbons (Fsp3) is 0. The minimum Gasteiger partial charge on any atom is -0.369 e. The zero-order valence-corrected chi connectivity index (χ0v) is 8.08. The Labute approximate surface area is 85.8 Å². The average Bonchev–Trinajstić information content (AvgIpc) is 2.18. The highest BCUT2D eigenvalue weighted by Crippen LogP contribution is 2.13. The Balaban J connectivity index is 2.58. The Morgan fingerprint density at radius 1 is 1.14 bits per heavy atom. The van der Waals surface area contributed by atoms with Crippen molar-refractivity contribution in [2.45, 2.75) is 0 Å². The van der Waals surface area contributed by atoms with E-state index in [9.17, 15) is 0 Å². The molecule has 0 aliphatic rings. The number of aromatic amines is 1. The second-order valence-corrected chi connectivity index (χ2v) is 3.10. The lowest BCUT2D eigenvalue weighted by molar-refractivity contribution is 1.05. The van der Waals surface area contributed by atoms with Gasteiger partial charge in [-0.3, -0.25) is 0 Å². The Morgan fingerprint density at radius 3 is 2.50 bits per heavy atom. The summed E-state index contributed by atoms with van der Waals surface area (Å²) >= 11 is 4.86. The molecule has 0 amide bonds. The van der Waals surface area contributed by atoms with Crippen LogP contribution >= 0.6 is 12.2 Å². The van der Waals surface area contributed by atoms with Crippen LogP contribution in [0.2, 0.25) is 0 Å². The lowest BCUT2D eigenvalue weighted by Crippen LogP contribution is -1.99. The van der Waals surface area contributed by atoms with E-state index >= 15 is 0 Å². The van der Waals surface area contributed by atoms with Crippen molar-refractivity contribution < 1.29 is 0 Å². The van der Waals surface area contributed by atoms with Gasteiger partial charge in [-0.2, -0.15) is 4.98 Å². The van der Waals surface area contributed by atoms with Gasteiger partial charge in [0.2, 0.25) is 10.7 Å². The number of nitrogens with one attached hydrogen (secondary N) is 1. The van der Waals surface area contributed by atoms with Gasteiger partial charge in [-0.1, -0.05) is 30.3 Å². The molecule has 0 bridgehead atoms. The summed E-state index contributed by atoms with van der Waals surface area (Å²) in [7, 11) is 0. The van der Waals surface area contributed by atoms with Gasteiger partial charge in [0, 0.05) is 5.56 Å². The lowest BCUT2D eigenvalue weighted by atomic mass is 10.2. The quantitative estimate of drug-likeness (QED) is 0.695. The Morgan fingerprint density at radius 2 is 1.86 bits per heavy atom. The van der Waals surface area contributed by atoms with E-state index in [2.05, 4.69) is 15.0 Å². The summed E-state index contributed by atoms with van der Waals surface area (Å²) in [6.45, 7) is 0. The lowest BCUT2D eigenvalue weighted by Gasteiger charge is -2.00. The molecule has 0 atom stereocenters. The van der Waals surface area contributed by atoms with Gasteiger partial charge in [-0.15, -0.1) is 0 Å². The molecule has 14 heavy (non-hydrogen) atoms. The maximum absolute atomic E-state index is 5.52. The molecule has 1 heterocycles. The molecular formula is C9H8N4S. The topological polar surface area (TPSA) is 67.6 Å². The summed E-state index contributed by atoms with van der Waals surface area (Å²) in [4.78, 5) is 10.7. The molecule has 0 saturated heterocycles. The molecule has 0 aliphatic heterocycles. The SMILES string of the molecule is Nc1nc(=S)nc(-c2ccccc2)[nH]1. The fourth-order valence-corrected chi connectivity index (χ4v) is 1.32. The monoisotopic (exact) mass is 204 g/mol. The number of benzene rings is 1. The van der Waals surface area contributed by atoms with Crippen LogP contribution in [0.1, 0.15) is 0 Å². The van der Waals surface area contributed by atoms with Crippen molar-refractivity contribution in [2.75, 3.05) is 5.73 Å². The molecule has 0 aliphatic carbocycles. The van der Waals surface area contributed by atoms with Crippen molar-refractivity contribution >= 4 is 18.2 Å². The van der Waals surface area contributed by atoms with Crippen LogP contribution in [0.25, 0.3) is 11.4 Å². The summed E-state index contributed by atoms with van der Waals surface area (Å²) in [5, 5.41) is 0. The first-order valence-corrected chi connectivity index (χ1v) is 4.46. The van der Waals surface area contributed by atoms with Crippen LogP contribution in [0, 0.1) is 4.77 Å². The molecule has 0 unspecified atom stereocenters. The third-order valence-electron chi connectivity index (χ3n) is 1.72. The number of H-pyrrole nitrogens is 1. The summed E-state index contributed by atoms with van der Waals surface area (Å²) in [5.41, 5.74) is 6.46. The van der Waals surface area contributed by atoms with Crippen LogP contribution < -0.4 is 5.73 Å². The highest BCUT2D eigenvalue weighted by atomic mass is 32.1. The van der Waals surface area contributed by atoms with E-state index in [0.29, 0.717) is 5.82 Å². The van der Waals surface area contributed by atoms with E-state index in [1.54, 1.807) is 0 Å². The van der Waals surface area contributed by atoms with Gasteiger partial charge in [0.15, 0.2) is 0 Å². The Hall–Kier alpha value is -1.75. The van der Waals surface area contributed by atoms with Crippen LogP contribution in [-0.2, 0) is 0 Å². The maximum atomic E-state index is 5.52. The third kappa shape index (κ3) is 1.77. The summed E-state index contributed by atoms with van der Waals surface area (Å²) in [5.74, 6) is 0.923. The first kappa shape index (κ1) is 8.83. The maximum Gasteiger partial charge on any atom is 0.224 e. The van der Waals surface area contributed by atoms with Crippen LogP contribution in [-0.4, -0.2) is 15.0 Å². The van der Waals surface area contributed by atoms with Crippen molar-refractivity contribution in [1.29, 1.82) is 0 Å². The standard InChI is InChI=1S/C9H8N4S/c10-8-11-7(12-9(14)13-8)6-4-2-1-3-5-6/h1-5H,(H3,10,11,12,13,14). The Kier molecular flexibility index (Phi) is 2.24. The minimum absolute atomic E-state index is 0.250. The molecule has 2 aromatic rings. The van der Waals surface area contributed by atoms with Gasteiger partial charge >= 0.3 is 0 Å². The number of anilines is 1. The zero-order valence-electron chi connectivity index (χ0n) is 7.27. The summed E-state index contributed by atoms with van der Waals surface area (Å²) in [6, 6.07) is 9.62. The number of nitrogen functional groups attached to an aromatic ring is 1. The van der Waals surface area contributed by atoms with Crippen molar-refractivity contribution in [3.8, 4) is 11.4 Å². The number of hydrogen-bond acceptors (Lipinski definition) is 4. The molecule has 0 fully saturated rings. The third-order valence-corrected chi connectivity index (χ3v) is 1.90. The van der Waals surface area contributed by atoms with E-state index in [4.69, 9.17) is 18.0 Å². The molecule has 4 nitrogen and oxygen atoms in total. The van der Waals surface area contributed by atoms with Crippen LogP contribution in [0.5, 0.6) is 0 Å². The second kappa shape index (κ2) is 3.55. The van der Waals surface area contributed by atoms with Crippen molar-refractivity contribution in [3.63, 3.8) is 0 Å². The molecule has 0 saturated carbocycles. The average molecular weight is 204 g/mol. The molecule has 3 N–H and O–H groups in total. The van der Waals surface area contributed by atoms with Gasteiger partial charge in [0.1, 0.15) is 5.82 Å². The van der Waals surface area contributed by atoms with Crippen molar-refractivity contribution in [3.05, 3.63) is 35.1 Å². The number of nitrogens with two attached hydrogens (primary N) is 1. The van der Waals surface area contributed by atoms with E-state index in [1.807, 2.05) is 30.3 Å². The molecule has 1 aromatic heterocycles. The highest BCUT2D eigenvalue weighted by molar-refractivity contribution is 7.71. The molecule has 70 valence electrons. The minimum atomic E-state index is 0.250. The zero-order chi connectivity index (χ0) is 9.97. The van der Waals surface area contributed by atoms with Crippen LogP contribution in [0.3, 0.4) is 0 Å².